The van der Waals surface area contributed by atoms with Crippen molar-refractivity contribution >= 4 is 17.7 Å². The standard InChI is InChI=1S/C19H27N3O3/c1-19(2,3)22(18(24)25)16-9-10-21(17(16)23)13-6-7-14-12(11-13)5-8-15(14)20-4/h6-7,11,15-16,20H,5,8-10H2,1-4H3,(H,24,25)/t15?,16-/m0/s1. The second-order valence-corrected chi connectivity index (χ2v) is 7.88. The molecule has 6 heteroatoms. The molecule has 2 amide bonds. The lowest BCUT2D eigenvalue weighted by Crippen LogP contribution is -2.54. The van der Waals surface area contributed by atoms with Gasteiger partial charge in [0.2, 0.25) is 5.91 Å². The summed E-state index contributed by atoms with van der Waals surface area (Å²) in [5.41, 5.74) is 2.85. The van der Waals surface area contributed by atoms with Gasteiger partial charge in [0.05, 0.1) is 0 Å². The Balaban J connectivity index is 1.84. The predicted octanol–water partition coefficient (Wildman–Crippen LogP) is 2.78. The van der Waals surface area contributed by atoms with Crippen LogP contribution in [0.25, 0.3) is 0 Å². The molecule has 1 heterocycles. The molecule has 0 spiro atoms. The van der Waals surface area contributed by atoms with Crippen molar-refractivity contribution < 1.29 is 14.7 Å². The van der Waals surface area contributed by atoms with Gasteiger partial charge in [0.15, 0.2) is 0 Å². The van der Waals surface area contributed by atoms with E-state index in [0.29, 0.717) is 19.0 Å². The lowest BCUT2D eigenvalue weighted by molar-refractivity contribution is -0.122. The molecule has 3 rings (SSSR count). The molecule has 6 nitrogen and oxygen atoms in total. The van der Waals surface area contributed by atoms with Gasteiger partial charge < -0.3 is 15.3 Å². The van der Waals surface area contributed by atoms with Crippen LogP contribution in [0.5, 0.6) is 0 Å². The van der Waals surface area contributed by atoms with E-state index in [-0.39, 0.29) is 5.91 Å². The third-order valence-corrected chi connectivity index (χ3v) is 5.28. The quantitative estimate of drug-likeness (QED) is 0.883. The molecule has 1 unspecified atom stereocenters. The maximum absolute atomic E-state index is 12.9. The van der Waals surface area contributed by atoms with E-state index >= 15 is 0 Å². The number of carboxylic acid groups (broad SMARTS) is 1. The number of nitrogens with zero attached hydrogens (tertiary/aromatic N) is 2. The number of amides is 2. The Hall–Kier alpha value is -2.08. The van der Waals surface area contributed by atoms with Crippen molar-refractivity contribution in [3.8, 4) is 0 Å². The van der Waals surface area contributed by atoms with Gasteiger partial charge in [0.1, 0.15) is 6.04 Å². The van der Waals surface area contributed by atoms with Crippen LogP contribution in [-0.4, -0.2) is 47.2 Å². The molecule has 1 aromatic carbocycles. The Morgan fingerprint density at radius 3 is 2.64 bits per heavy atom. The van der Waals surface area contributed by atoms with Crippen LogP contribution in [0.1, 0.15) is 50.8 Å². The zero-order valence-electron chi connectivity index (χ0n) is 15.4. The smallest absolute Gasteiger partial charge is 0.408 e. The lowest BCUT2D eigenvalue weighted by atomic mass is 10.0. The van der Waals surface area contributed by atoms with Gasteiger partial charge >= 0.3 is 6.09 Å². The van der Waals surface area contributed by atoms with Crippen molar-refractivity contribution in [3.63, 3.8) is 0 Å². The number of nitrogens with one attached hydrogen (secondary N) is 1. The molecule has 1 aliphatic carbocycles. The Kier molecular flexibility index (Phi) is 4.49. The Labute approximate surface area is 148 Å². The van der Waals surface area contributed by atoms with Crippen LogP contribution >= 0.6 is 0 Å². The van der Waals surface area contributed by atoms with Gasteiger partial charge in [-0.25, -0.2) is 4.79 Å². The molecule has 0 aromatic heterocycles. The third-order valence-electron chi connectivity index (χ3n) is 5.28. The molecule has 2 N–H and O–H groups in total. The molecular formula is C19H27N3O3. The first-order chi connectivity index (χ1) is 11.7. The van der Waals surface area contributed by atoms with Gasteiger partial charge in [-0.05, 0) is 70.3 Å². The molecule has 0 bridgehead atoms. The normalized spacial score (nSPS) is 23.0. The Bertz CT molecular complexity index is 696. The molecule has 136 valence electrons. The van der Waals surface area contributed by atoms with Gasteiger partial charge in [0, 0.05) is 23.8 Å². The van der Waals surface area contributed by atoms with Crippen molar-refractivity contribution in [2.75, 3.05) is 18.5 Å². The number of anilines is 1. The zero-order valence-corrected chi connectivity index (χ0v) is 15.4. The number of carbonyl (C=O) groups is 2. The topological polar surface area (TPSA) is 72.9 Å². The molecule has 1 saturated heterocycles. The monoisotopic (exact) mass is 345 g/mol. The number of hydrogen-bond donors (Lipinski definition) is 2. The molecule has 25 heavy (non-hydrogen) atoms. The van der Waals surface area contributed by atoms with Crippen molar-refractivity contribution in [3.05, 3.63) is 29.3 Å². The summed E-state index contributed by atoms with van der Waals surface area (Å²) in [6, 6.07) is 5.94. The zero-order chi connectivity index (χ0) is 18.4. The van der Waals surface area contributed by atoms with Gasteiger partial charge in [-0.1, -0.05) is 6.07 Å². The maximum Gasteiger partial charge on any atom is 0.408 e. The van der Waals surface area contributed by atoms with E-state index in [0.717, 1.165) is 18.5 Å². The fourth-order valence-corrected chi connectivity index (χ4v) is 4.12. The molecule has 1 fully saturated rings. The Morgan fingerprint density at radius 2 is 2.04 bits per heavy atom. The van der Waals surface area contributed by atoms with E-state index in [4.69, 9.17) is 0 Å². The summed E-state index contributed by atoms with van der Waals surface area (Å²) in [6.07, 6.45) is 1.56. The van der Waals surface area contributed by atoms with Gasteiger partial charge in [-0.2, -0.15) is 0 Å². The molecule has 2 aliphatic rings. The van der Waals surface area contributed by atoms with Crippen LogP contribution in [0.15, 0.2) is 18.2 Å². The molecule has 0 saturated carbocycles. The first-order valence-corrected chi connectivity index (χ1v) is 8.87. The second kappa shape index (κ2) is 6.33. The second-order valence-electron chi connectivity index (χ2n) is 7.88. The van der Waals surface area contributed by atoms with Gasteiger partial charge in [0.25, 0.3) is 0 Å². The van der Waals surface area contributed by atoms with Crippen LogP contribution in [0.4, 0.5) is 10.5 Å². The lowest BCUT2D eigenvalue weighted by Gasteiger charge is -2.36. The molecular weight excluding hydrogens is 318 g/mol. The highest BCUT2D eigenvalue weighted by Crippen LogP contribution is 2.35. The van der Waals surface area contributed by atoms with Crippen LogP contribution in [-0.2, 0) is 11.2 Å². The average molecular weight is 345 g/mol. The van der Waals surface area contributed by atoms with Crippen molar-refractivity contribution in [1.82, 2.24) is 10.2 Å². The van der Waals surface area contributed by atoms with E-state index in [1.807, 2.05) is 33.9 Å². The van der Waals surface area contributed by atoms with E-state index in [9.17, 15) is 14.7 Å². The fraction of sp³-hybridized carbons (Fsp3) is 0.579. The van der Waals surface area contributed by atoms with Crippen molar-refractivity contribution in [1.29, 1.82) is 0 Å². The van der Waals surface area contributed by atoms with Gasteiger partial charge in [-0.15, -0.1) is 0 Å². The predicted molar refractivity (Wildman–Crippen MR) is 96.9 cm³/mol. The minimum absolute atomic E-state index is 0.125. The largest absolute Gasteiger partial charge is 0.465 e. The molecule has 1 aromatic rings. The van der Waals surface area contributed by atoms with Crippen LogP contribution in [0.3, 0.4) is 0 Å². The molecule has 2 atom stereocenters. The SMILES string of the molecule is CNC1CCc2cc(N3CC[C@H](N(C(=O)O)C(C)(C)C)C3=O)ccc21. The molecule has 1 aliphatic heterocycles. The number of fused-ring (bicyclic) bond motifs is 1. The number of carbonyl (C=O) groups excluding carboxylic acids is 1. The summed E-state index contributed by atoms with van der Waals surface area (Å²) < 4.78 is 0. The highest BCUT2D eigenvalue weighted by molar-refractivity contribution is 6.01. The summed E-state index contributed by atoms with van der Waals surface area (Å²) in [5.74, 6) is -0.125. The van der Waals surface area contributed by atoms with Crippen molar-refractivity contribution in [2.24, 2.45) is 0 Å². The van der Waals surface area contributed by atoms with E-state index < -0.39 is 17.7 Å². The first-order valence-electron chi connectivity index (χ1n) is 8.87. The number of benzene rings is 1. The van der Waals surface area contributed by atoms with Crippen LogP contribution in [0, 0.1) is 0 Å². The number of rotatable bonds is 3. The molecule has 0 radical (unpaired) electrons. The fourth-order valence-electron chi connectivity index (χ4n) is 4.12. The van der Waals surface area contributed by atoms with Crippen molar-refractivity contribution in [2.45, 2.75) is 57.7 Å². The van der Waals surface area contributed by atoms with Crippen LogP contribution in [0.2, 0.25) is 0 Å². The van der Waals surface area contributed by atoms with E-state index in [1.54, 1.807) is 4.90 Å². The minimum atomic E-state index is -1.04. The summed E-state index contributed by atoms with van der Waals surface area (Å²) in [4.78, 5) is 27.6. The highest BCUT2D eigenvalue weighted by atomic mass is 16.4. The van der Waals surface area contributed by atoms with Crippen LogP contribution < -0.4 is 10.2 Å². The summed E-state index contributed by atoms with van der Waals surface area (Å²) in [5, 5.41) is 12.9. The average Bonchev–Trinajstić information content (AvgIpc) is 3.09. The minimum Gasteiger partial charge on any atom is -0.465 e. The maximum atomic E-state index is 12.9. The summed E-state index contributed by atoms with van der Waals surface area (Å²) in [6.45, 7) is 6.02. The number of hydrogen-bond acceptors (Lipinski definition) is 3. The Morgan fingerprint density at radius 1 is 1.32 bits per heavy atom. The van der Waals surface area contributed by atoms with Gasteiger partial charge in [-0.3, -0.25) is 9.69 Å². The number of aryl methyl sites for hydroxylation is 1. The first kappa shape index (κ1) is 17.7. The van der Waals surface area contributed by atoms with E-state index in [2.05, 4.69) is 17.4 Å². The highest BCUT2D eigenvalue weighted by Gasteiger charge is 2.43. The van der Waals surface area contributed by atoms with E-state index in [1.165, 1.54) is 16.0 Å². The third kappa shape index (κ3) is 3.11. The summed E-state index contributed by atoms with van der Waals surface area (Å²) >= 11 is 0. The summed E-state index contributed by atoms with van der Waals surface area (Å²) in [7, 11) is 1.97.